The highest BCUT2D eigenvalue weighted by atomic mass is 16.4. The number of likely N-dealkylation sites (tertiary alicyclic amines) is 1. The number of rotatable bonds is 3. The number of aryl methyl sites for hydroxylation is 1. The second-order valence-electron chi connectivity index (χ2n) is 4.67. The monoisotopic (exact) mass is 263 g/mol. The second-order valence-corrected chi connectivity index (χ2v) is 4.67. The normalized spacial score (nSPS) is 14.0. The summed E-state index contributed by atoms with van der Waals surface area (Å²) in [5.74, 6) is -0.571. The van der Waals surface area contributed by atoms with Crippen LogP contribution in [-0.4, -0.2) is 35.5 Å². The number of nitrogens with zero attached hydrogens (tertiary/aromatic N) is 1. The van der Waals surface area contributed by atoms with Crippen LogP contribution in [0.25, 0.3) is 0 Å². The van der Waals surface area contributed by atoms with Crippen molar-refractivity contribution in [1.82, 2.24) is 4.90 Å². The van der Waals surface area contributed by atoms with E-state index < -0.39 is 5.97 Å². The van der Waals surface area contributed by atoms with Gasteiger partial charge in [0.1, 0.15) is 0 Å². The van der Waals surface area contributed by atoms with Gasteiger partial charge < -0.3 is 10.0 Å². The van der Waals surface area contributed by atoms with Crippen LogP contribution < -0.4 is 0 Å². The lowest BCUT2D eigenvalue weighted by molar-refractivity contribution is -0.126. The molecule has 0 atom stereocenters. The van der Waals surface area contributed by atoms with Crippen molar-refractivity contribution in [3.63, 3.8) is 0 Å². The molecule has 4 heteroatoms. The smallest absolute Gasteiger partial charge is 0.335 e. The van der Waals surface area contributed by atoms with Crippen LogP contribution in [0.5, 0.6) is 0 Å². The minimum absolute atomic E-state index is 0.292. The fourth-order valence-electron chi connectivity index (χ4n) is 1.89. The van der Waals surface area contributed by atoms with Crippen molar-refractivity contribution in [3.8, 4) is 0 Å². The van der Waals surface area contributed by atoms with E-state index >= 15 is 0 Å². The zero-order chi connectivity index (χ0) is 14.3. The van der Waals surface area contributed by atoms with E-state index in [-0.39, 0.29) is 0 Å². The number of aromatic carboxylic acids is 1. The van der Waals surface area contributed by atoms with E-state index in [1.807, 2.05) is 19.2 Å². The number of amides is 1. The Labute approximate surface area is 114 Å². The molecular weight excluding hydrogens is 242 g/mol. The van der Waals surface area contributed by atoms with Gasteiger partial charge in [0.15, 0.2) is 0 Å². The third kappa shape index (κ3) is 5.12. The van der Waals surface area contributed by atoms with Crippen molar-refractivity contribution in [2.75, 3.05) is 13.6 Å². The standard InChI is InChI=1S/C10H12O2.C5H9NO/c1-2-3-8-4-6-9(7-5-8)10(11)12;1-6-4-2-3-5(6)7/h4-7H,2-3H2,1H3,(H,11,12);2-4H2,1H3. The van der Waals surface area contributed by atoms with Crippen LogP contribution in [0, 0.1) is 0 Å². The largest absolute Gasteiger partial charge is 0.478 e. The summed E-state index contributed by atoms with van der Waals surface area (Å²) in [6.45, 7) is 3.06. The summed E-state index contributed by atoms with van der Waals surface area (Å²) in [5.41, 5.74) is 1.55. The van der Waals surface area contributed by atoms with Crippen LogP contribution in [0.1, 0.15) is 42.1 Å². The van der Waals surface area contributed by atoms with Crippen molar-refractivity contribution in [1.29, 1.82) is 0 Å². The molecule has 4 nitrogen and oxygen atoms in total. The van der Waals surface area contributed by atoms with Gasteiger partial charge in [-0.2, -0.15) is 0 Å². The first-order valence-corrected chi connectivity index (χ1v) is 6.60. The zero-order valence-electron chi connectivity index (χ0n) is 11.6. The summed E-state index contributed by atoms with van der Waals surface area (Å²) < 4.78 is 0. The number of hydrogen-bond acceptors (Lipinski definition) is 2. The first-order chi connectivity index (χ1) is 9.04. The molecular formula is C15H21NO3. The highest BCUT2D eigenvalue weighted by molar-refractivity contribution is 5.87. The molecule has 0 spiro atoms. The van der Waals surface area contributed by atoms with Gasteiger partial charge in [-0.3, -0.25) is 4.79 Å². The molecule has 1 aliphatic rings. The summed E-state index contributed by atoms with van der Waals surface area (Å²) in [6, 6.07) is 7.03. The summed E-state index contributed by atoms with van der Waals surface area (Å²) >= 11 is 0. The first kappa shape index (κ1) is 15.2. The van der Waals surface area contributed by atoms with Crippen LogP contribution >= 0.6 is 0 Å². The summed E-state index contributed by atoms with van der Waals surface area (Å²) in [5, 5.41) is 8.61. The summed E-state index contributed by atoms with van der Waals surface area (Å²) in [6.07, 6.45) is 3.91. The zero-order valence-corrected chi connectivity index (χ0v) is 11.6. The van der Waals surface area contributed by atoms with Crippen LogP contribution in [0.4, 0.5) is 0 Å². The van der Waals surface area contributed by atoms with E-state index in [1.165, 1.54) is 5.56 Å². The maximum atomic E-state index is 10.5. The van der Waals surface area contributed by atoms with Crippen LogP contribution in [-0.2, 0) is 11.2 Å². The minimum atomic E-state index is -0.863. The van der Waals surface area contributed by atoms with E-state index in [0.717, 1.165) is 32.2 Å². The fraction of sp³-hybridized carbons (Fsp3) is 0.467. The van der Waals surface area contributed by atoms with Crippen molar-refractivity contribution in [3.05, 3.63) is 35.4 Å². The molecule has 1 amide bonds. The van der Waals surface area contributed by atoms with Crippen LogP contribution in [0.2, 0.25) is 0 Å². The molecule has 1 aromatic carbocycles. The third-order valence-electron chi connectivity index (χ3n) is 3.05. The Morgan fingerprint density at radius 2 is 1.95 bits per heavy atom. The number of benzene rings is 1. The maximum Gasteiger partial charge on any atom is 0.335 e. The number of hydrogen-bond donors (Lipinski definition) is 1. The maximum absolute atomic E-state index is 10.5. The quantitative estimate of drug-likeness (QED) is 0.911. The Morgan fingerprint density at radius 3 is 2.26 bits per heavy atom. The predicted octanol–water partition coefficient (Wildman–Crippen LogP) is 2.58. The van der Waals surface area contributed by atoms with Gasteiger partial charge in [-0.25, -0.2) is 4.79 Å². The van der Waals surface area contributed by atoms with E-state index in [9.17, 15) is 9.59 Å². The second kappa shape index (κ2) is 7.56. The van der Waals surface area contributed by atoms with Gasteiger partial charge in [-0.15, -0.1) is 0 Å². The molecule has 19 heavy (non-hydrogen) atoms. The summed E-state index contributed by atoms with van der Waals surface area (Å²) in [7, 11) is 1.84. The Bertz CT molecular complexity index is 426. The molecule has 0 unspecified atom stereocenters. The molecule has 1 N–H and O–H groups in total. The van der Waals surface area contributed by atoms with Gasteiger partial charge in [0, 0.05) is 20.0 Å². The Kier molecular flexibility index (Phi) is 6.06. The highest BCUT2D eigenvalue weighted by Crippen LogP contribution is 2.06. The Morgan fingerprint density at radius 1 is 1.32 bits per heavy atom. The van der Waals surface area contributed by atoms with Crippen LogP contribution in [0.15, 0.2) is 24.3 Å². The van der Waals surface area contributed by atoms with E-state index in [1.54, 1.807) is 17.0 Å². The number of carbonyl (C=O) groups excluding carboxylic acids is 1. The molecule has 1 fully saturated rings. The summed E-state index contributed by atoms with van der Waals surface area (Å²) in [4.78, 5) is 22.7. The van der Waals surface area contributed by atoms with Gasteiger partial charge in [-0.05, 0) is 30.5 Å². The number of carboxylic acids is 1. The van der Waals surface area contributed by atoms with Gasteiger partial charge >= 0.3 is 5.97 Å². The molecule has 1 saturated heterocycles. The Hall–Kier alpha value is -1.84. The van der Waals surface area contributed by atoms with Gasteiger partial charge in [-0.1, -0.05) is 25.5 Å². The average Bonchev–Trinajstić information content (AvgIpc) is 2.76. The van der Waals surface area contributed by atoms with E-state index in [4.69, 9.17) is 5.11 Å². The molecule has 0 radical (unpaired) electrons. The lowest BCUT2D eigenvalue weighted by Gasteiger charge is -2.03. The molecule has 1 aromatic rings. The molecule has 104 valence electrons. The average molecular weight is 263 g/mol. The molecule has 0 aliphatic carbocycles. The predicted molar refractivity (Wildman–Crippen MR) is 74.3 cm³/mol. The Balaban J connectivity index is 0.000000218. The lowest BCUT2D eigenvalue weighted by atomic mass is 10.1. The van der Waals surface area contributed by atoms with Crippen molar-refractivity contribution in [2.24, 2.45) is 0 Å². The van der Waals surface area contributed by atoms with Crippen molar-refractivity contribution >= 4 is 11.9 Å². The molecule has 0 bridgehead atoms. The topological polar surface area (TPSA) is 57.6 Å². The highest BCUT2D eigenvalue weighted by Gasteiger charge is 2.14. The van der Waals surface area contributed by atoms with Crippen LogP contribution in [0.3, 0.4) is 0 Å². The molecule has 0 aromatic heterocycles. The fourth-order valence-corrected chi connectivity index (χ4v) is 1.89. The van der Waals surface area contributed by atoms with E-state index in [0.29, 0.717) is 11.5 Å². The third-order valence-corrected chi connectivity index (χ3v) is 3.05. The number of carboxylic acid groups (broad SMARTS) is 1. The van der Waals surface area contributed by atoms with E-state index in [2.05, 4.69) is 6.92 Å². The van der Waals surface area contributed by atoms with Gasteiger partial charge in [0.25, 0.3) is 0 Å². The molecule has 0 saturated carbocycles. The molecule has 1 heterocycles. The molecule has 2 rings (SSSR count). The number of carbonyl (C=O) groups is 2. The minimum Gasteiger partial charge on any atom is -0.478 e. The molecule has 1 aliphatic heterocycles. The van der Waals surface area contributed by atoms with Crippen molar-refractivity contribution < 1.29 is 14.7 Å². The SMILES string of the molecule is CCCc1ccc(C(=O)O)cc1.CN1CCCC1=O. The van der Waals surface area contributed by atoms with Crippen molar-refractivity contribution in [2.45, 2.75) is 32.6 Å². The van der Waals surface area contributed by atoms with Gasteiger partial charge in [0.05, 0.1) is 5.56 Å². The van der Waals surface area contributed by atoms with Gasteiger partial charge in [0.2, 0.25) is 5.91 Å². The lowest BCUT2D eigenvalue weighted by Crippen LogP contribution is -2.17. The first-order valence-electron chi connectivity index (χ1n) is 6.60.